The first-order valence-electron chi connectivity index (χ1n) is 6.92. The van der Waals surface area contributed by atoms with E-state index in [0.717, 1.165) is 23.0 Å². The molecule has 0 aliphatic rings. The number of hydrogen-bond donors (Lipinski definition) is 3. The van der Waals surface area contributed by atoms with Crippen molar-refractivity contribution >= 4 is 16.6 Å². The molecule has 1 aromatic carbocycles. The van der Waals surface area contributed by atoms with Gasteiger partial charge in [0.25, 0.3) is 0 Å². The number of aromatic nitrogens is 1. The second-order valence-electron chi connectivity index (χ2n) is 6.47. The van der Waals surface area contributed by atoms with Crippen LogP contribution in [-0.4, -0.2) is 22.7 Å². The Kier molecular flexibility index (Phi) is 4.14. The standard InChI is InChI=1S/C16H23N3O/c1-16(2,3)9-12(17)10-19-15-14-8-13(20)5-4-11(14)6-7-18-15/h4-8,12,20H,9-10,17H2,1-3H3,(H,18,19). The van der Waals surface area contributed by atoms with Crippen LogP contribution in [0.2, 0.25) is 0 Å². The topological polar surface area (TPSA) is 71.2 Å². The van der Waals surface area contributed by atoms with Crippen LogP contribution in [0.15, 0.2) is 30.5 Å². The van der Waals surface area contributed by atoms with E-state index >= 15 is 0 Å². The average Bonchev–Trinajstić information content (AvgIpc) is 2.34. The van der Waals surface area contributed by atoms with Gasteiger partial charge in [-0.25, -0.2) is 4.98 Å². The van der Waals surface area contributed by atoms with E-state index in [9.17, 15) is 5.11 Å². The maximum absolute atomic E-state index is 9.60. The zero-order chi connectivity index (χ0) is 14.8. The predicted molar refractivity (Wildman–Crippen MR) is 83.9 cm³/mol. The second-order valence-corrected chi connectivity index (χ2v) is 6.47. The average molecular weight is 273 g/mol. The molecule has 0 radical (unpaired) electrons. The summed E-state index contributed by atoms with van der Waals surface area (Å²) in [6.07, 6.45) is 2.70. The summed E-state index contributed by atoms with van der Waals surface area (Å²) in [5.41, 5.74) is 6.36. The molecule has 2 rings (SSSR count). The van der Waals surface area contributed by atoms with E-state index in [1.165, 1.54) is 0 Å². The van der Waals surface area contributed by atoms with Crippen molar-refractivity contribution in [1.29, 1.82) is 0 Å². The highest BCUT2D eigenvalue weighted by atomic mass is 16.3. The Labute approximate surface area is 120 Å². The van der Waals surface area contributed by atoms with E-state index in [0.29, 0.717) is 6.54 Å². The van der Waals surface area contributed by atoms with Crippen molar-refractivity contribution in [3.05, 3.63) is 30.5 Å². The molecule has 4 nitrogen and oxygen atoms in total. The third-order valence-electron chi connectivity index (χ3n) is 3.16. The van der Waals surface area contributed by atoms with Gasteiger partial charge in [-0.15, -0.1) is 0 Å². The molecule has 1 unspecified atom stereocenters. The number of nitrogens with one attached hydrogen (secondary N) is 1. The van der Waals surface area contributed by atoms with Crippen molar-refractivity contribution in [1.82, 2.24) is 4.98 Å². The number of phenolic OH excluding ortho intramolecular Hbond substituents is 1. The summed E-state index contributed by atoms with van der Waals surface area (Å²) in [6.45, 7) is 7.21. The van der Waals surface area contributed by atoms with Crippen LogP contribution in [0.5, 0.6) is 5.75 Å². The molecule has 1 heterocycles. The largest absolute Gasteiger partial charge is 0.508 e. The first-order chi connectivity index (χ1) is 9.35. The molecular formula is C16H23N3O. The lowest BCUT2D eigenvalue weighted by molar-refractivity contribution is 0.344. The minimum atomic E-state index is 0.0735. The fourth-order valence-corrected chi connectivity index (χ4v) is 2.38. The zero-order valence-corrected chi connectivity index (χ0v) is 12.4. The van der Waals surface area contributed by atoms with Gasteiger partial charge in [0.05, 0.1) is 0 Å². The van der Waals surface area contributed by atoms with Crippen molar-refractivity contribution in [2.24, 2.45) is 11.1 Å². The molecule has 0 aliphatic heterocycles. The molecule has 108 valence electrons. The van der Waals surface area contributed by atoms with Gasteiger partial charge < -0.3 is 16.2 Å². The fourth-order valence-electron chi connectivity index (χ4n) is 2.38. The Bertz CT molecular complexity index is 590. The molecule has 4 heteroatoms. The van der Waals surface area contributed by atoms with Crippen molar-refractivity contribution in [3.63, 3.8) is 0 Å². The maximum atomic E-state index is 9.60. The van der Waals surface area contributed by atoms with E-state index in [4.69, 9.17) is 5.73 Å². The number of pyridine rings is 1. The van der Waals surface area contributed by atoms with Crippen LogP contribution in [0, 0.1) is 5.41 Å². The summed E-state index contributed by atoms with van der Waals surface area (Å²) in [4.78, 5) is 4.34. The zero-order valence-electron chi connectivity index (χ0n) is 12.4. The number of fused-ring (bicyclic) bond motifs is 1. The molecule has 0 saturated heterocycles. The molecule has 4 N–H and O–H groups in total. The van der Waals surface area contributed by atoms with Gasteiger partial charge in [0.1, 0.15) is 11.6 Å². The van der Waals surface area contributed by atoms with Gasteiger partial charge in [0.2, 0.25) is 0 Å². The summed E-state index contributed by atoms with van der Waals surface area (Å²) in [5, 5.41) is 14.9. The van der Waals surface area contributed by atoms with E-state index in [1.807, 2.05) is 12.1 Å². The normalized spacial score (nSPS) is 13.4. The minimum Gasteiger partial charge on any atom is -0.508 e. The lowest BCUT2D eigenvalue weighted by atomic mass is 9.88. The summed E-state index contributed by atoms with van der Waals surface area (Å²) in [7, 11) is 0. The molecule has 0 fully saturated rings. The SMILES string of the molecule is CC(C)(C)CC(N)CNc1nccc2ccc(O)cc12. The van der Waals surface area contributed by atoms with E-state index < -0.39 is 0 Å². The number of hydrogen-bond acceptors (Lipinski definition) is 4. The second kappa shape index (κ2) is 5.67. The van der Waals surface area contributed by atoms with Gasteiger partial charge in [-0.3, -0.25) is 0 Å². The lowest BCUT2D eigenvalue weighted by Crippen LogP contribution is -2.33. The van der Waals surface area contributed by atoms with Crippen LogP contribution in [0.25, 0.3) is 10.8 Å². The van der Waals surface area contributed by atoms with E-state index in [2.05, 4.69) is 31.1 Å². The highest BCUT2D eigenvalue weighted by molar-refractivity contribution is 5.92. The van der Waals surface area contributed by atoms with Crippen molar-refractivity contribution in [3.8, 4) is 5.75 Å². The Morgan fingerprint density at radius 1 is 1.30 bits per heavy atom. The number of rotatable bonds is 4. The van der Waals surface area contributed by atoms with Crippen molar-refractivity contribution in [2.45, 2.75) is 33.2 Å². The highest BCUT2D eigenvalue weighted by Gasteiger charge is 2.15. The summed E-state index contributed by atoms with van der Waals surface area (Å²) >= 11 is 0. The van der Waals surface area contributed by atoms with Crippen LogP contribution >= 0.6 is 0 Å². The maximum Gasteiger partial charge on any atom is 0.134 e. The Balaban J connectivity index is 2.12. The molecule has 2 aromatic rings. The number of nitrogens with zero attached hydrogens (tertiary/aromatic N) is 1. The van der Waals surface area contributed by atoms with E-state index in [1.54, 1.807) is 18.3 Å². The Morgan fingerprint density at radius 3 is 2.75 bits per heavy atom. The Morgan fingerprint density at radius 2 is 2.05 bits per heavy atom. The molecule has 0 saturated carbocycles. The summed E-state index contributed by atoms with van der Waals surface area (Å²) in [6, 6.07) is 7.28. The summed E-state index contributed by atoms with van der Waals surface area (Å²) < 4.78 is 0. The van der Waals surface area contributed by atoms with Gasteiger partial charge in [0.15, 0.2) is 0 Å². The third kappa shape index (κ3) is 3.84. The monoisotopic (exact) mass is 273 g/mol. The number of aromatic hydroxyl groups is 1. The predicted octanol–water partition coefficient (Wildman–Crippen LogP) is 3.12. The molecule has 0 bridgehead atoms. The molecule has 1 aromatic heterocycles. The lowest BCUT2D eigenvalue weighted by Gasteiger charge is -2.23. The van der Waals surface area contributed by atoms with Crippen molar-refractivity contribution in [2.75, 3.05) is 11.9 Å². The van der Waals surface area contributed by atoms with Gasteiger partial charge >= 0.3 is 0 Å². The number of benzene rings is 1. The minimum absolute atomic E-state index is 0.0735. The van der Waals surface area contributed by atoms with Crippen LogP contribution in [-0.2, 0) is 0 Å². The molecule has 1 atom stereocenters. The van der Waals surface area contributed by atoms with Gasteiger partial charge in [0, 0.05) is 24.2 Å². The number of phenols is 1. The molecule has 0 spiro atoms. The molecule has 0 aliphatic carbocycles. The summed E-state index contributed by atoms with van der Waals surface area (Å²) in [5.74, 6) is 1.01. The first-order valence-corrected chi connectivity index (χ1v) is 6.92. The van der Waals surface area contributed by atoms with Crippen LogP contribution in [0.4, 0.5) is 5.82 Å². The van der Waals surface area contributed by atoms with E-state index in [-0.39, 0.29) is 17.2 Å². The first kappa shape index (κ1) is 14.6. The molecule has 20 heavy (non-hydrogen) atoms. The smallest absolute Gasteiger partial charge is 0.134 e. The third-order valence-corrected chi connectivity index (χ3v) is 3.16. The van der Waals surface area contributed by atoms with Crippen LogP contribution < -0.4 is 11.1 Å². The van der Waals surface area contributed by atoms with Gasteiger partial charge in [-0.1, -0.05) is 26.8 Å². The van der Waals surface area contributed by atoms with Crippen LogP contribution in [0.3, 0.4) is 0 Å². The fraction of sp³-hybridized carbons (Fsp3) is 0.438. The Hall–Kier alpha value is -1.81. The highest BCUT2D eigenvalue weighted by Crippen LogP contribution is 2.25. The van der Waals surface area contributed by atoms with Crippen molar-refractivity contribution < 1.29 is 5.11 Å². The van der Waals surface area contributed by atoms with Gasteiger partial charge in [-0.05, 0) is 35.4 Å². The molecule has 0 amide bonds. The van der Waals surface area contributed by atoms with Crippen LogP contribution in [0.1, 0.15) is 27.2 Å². The number of nitrogens with two attached hydrogens (primary N) is 1. The van der Waals surface area contributed by atoms with Gasteiger partial charge in [-0.2, -0.15) is 0 Å². The quantitative estimate of drug-likeness (QED) is 0.800. The number of anilines is 1. The molecular weight excluding hydrogens is 250 g/mol.